The number of halogens is 2. The first kappa shape index (κ1) is 14.4. The van der Waals surface area contributed by atoms with Crippen LogP contribution in [0.25, 0.3) is 0 Å². The van der Waals surface area contributed by atoms with Gasteiger partial charge >= 0.3 is 0 Å². The van der Waals surface area contributed by atoms with E-state index in [1.54, 1.807) is 6.07 Å². The number of amides is 1. The molecule has 0 spiro atoms. The van der Waals surface area contributed by atoms with Crippen LogP contribution in [0, 0.1) is 5.92 Å². The second-order valence-electron chi connectivity index (χ2n) is 5.91. The molecule has 1 aromatic carbocycles. The van der Waals surface area contributed by atoms with Gasteiger partial charge in [-0.2, -0.15) is 0 Å². The van der Waals surface area contributed by atoms with E-state index in [9.17, 15) is 4.79 Å². The predicted octanol–water partition coefficient (Wildman–Crippen LogP) is 4.90. The van der Waals surface area contributed by atoms with Gasteiger partial charge in [0.25, 0.3) is 5.91 Å². The molecule has 1 aromatic rings. The summed E-state index contributed by atoms with van der Waals surface area (Å²) in [5.41, 5.74) is 0.704. The summed E-state index contributed by atoms with van der Waals surface area (Å²) < 4.78 is 0.866. The van der Waals surface area contributed by atoms with Crippen LogP contribution < -0.4 is 0 Å². The summed E-state index contributed by atoms with van der Waals surface area (Å²) in [5.74, 6) is 0.855. The fourth-order valence-electron chi connectivity index (χ4n) is 3.72. The van der Waals surface area contributed by atoms with Gasteiger partial charge in [-0.25, -0.2) is 0 Å². The fourth-order valence-corrected chi connectivity index (χ4v) is 4.58. The lowest BCUT2D eigenvalue weighted by Crippen LogP contribution is -2.49. The Labute approximate surface area is 133 Å². The molecular formula is C16H19BrClNO. The summed E-state index contributed by atoms with van der Waals surface area (Å²) in [5, 5.41) is 0.611. The molecule has 2 aliphatic rings. The molecule has 1 amide bonds. The summed E-state index contributed by atoms with van der Waals surface area (Å²) in [7, 11) is 0. The molecule has 20 heavy (non-hydrogen) atoms. The van der Waals surface area contributed by atoms with Gasteiger partial charge in [0.2, 0.25) is 0 Å². The van der Waals surface area contributed by atoms with Gasteiger partial charge in [-0.3, -0.25) is 4.79 Å². The highest BCUT2D eigenvalue weighted by Crippen LogP contribution is 2.36. The quantitative estimate of drug-likeness (QED) is 0.701. The second-order valence-corrected chi connectivity index (χ2v) is 7.26. The molecule has 2 fully saturated rings. The van der Waals surface area contributed by atoms with E-state index >= 15 is 0 Å². The number of carbonyl (C=O) groups is 1. The van der Waals surface area contributed by atoms with E-state index < -0.39 is 0 Å². The first-order valence-electron chi connectivity index (χ1n) is 7.42. The number of fused-ring (bicyclic) bond motifs is 1. The van der Waals surface area contributed by atoms with Crippen LogP contribution in [0.3, 0.4) is 0 Å². The molecule has 2 atom stereocenters. The minimum Gasteiger partial charge on any atom is -0.335 e. The zero-order valence-corrected chi connectivity index (χ0v) is 13.8. The van der Waals surface area contributed by atoms with E-state index in [2.05, 4.69) is 20.8 Å². The van der Waals surface area contributed by atoms with Crippen molar-refractivity contribution in [1.29, 1.82) is 0 Å². The summed E-state index contributed by atoms with van der Waals surface area (Å²) in [6.07, 6.45) is 7.45. The summed E-state index contributed by atoms with van der Waals surface area (Å²) in [4.78, 5) is 14.9. The SMILES string of the molecule is O=C(c1cc(Cl)cc(Br)c1)N1CCC[C@H]2CCCC[C@H]21. The molecule has 0 unspecified atom stereocenters. The van der Waals surface area contributed by atoms with E-state index in [4.69, 9.17) is 11.6 Å². The lowest BCUT2D eigenvalue weighted by Gasteiger charge is -2.44. The van der Waals surface area contributed by atoms with Crippen LogP contribution in [0.5, 0.6) is 0 Å². The van der Waals surface area contributed by atoms with Crippen molar-refractivity contribution in [3.8, 4) is 0 Å². The van der Waals surface area contributed by atoms with Gasteiger partial charge < -0.3 is 4.90 Å². The summed E-state index contributed by atoms with van der Waals surface area (Å²) in [6, 6.07) is 5.92. The topological polar surface area (TPSA) is 20.3 Å². The van der Waals surface area contributed by atoms with Crippen molar-refractivity contribution in [3.05, 3.63) is 33.3 Å². The molecule has 0 aromatic heterocycles. The maximum absolute atomic E-state index is 12.8. The molecule has 0 radical (unpaired) electrons. The minimum atomic E-state index is 0.143. The van der Waals surface area contributed by atoms with Crippen LogP contribution in [-0.4, -0.2) is 23.4 Å². The number of nitrogens with zero attached hydrogens (tertiary/aromatic N) is 1. The normalized spacial score (nSPS) is 26.2. The highest BCUT2D eigenvalue weighted by Gasteiger charge is 2.35. The molecule has 1 saturated carbocycles. The lowest BCUT2D eigenvalue weighted by molar-refractivity contribution is 0.0390. The number of rotatable bonds is 1. The van der Waals surface area contributed by atoms with Crippen LogP contribution in [0.1, 0.15) is 48.9 Å². The van der Waals surface area contributed by atoms with Crippen molar-refractivity contribution in [2.24, 2.45) is 5.92 Å². The molecular weight excluding hydrogens is 338 g/mol. The van der Waals surface area contributed by atoms with Crippen LogP contribution in [0.15, 0.2) is 22.7 Å². The largest absolute Gasteiger partial charge is 0.335 e. The third-order valence-electron chi connectivity index (χ3n) is 4.61. The predicted molar refractivity (Wildman–Crippen MR) is 85.2 cm³/mol. The van der Waals surface area contributed by atoms with Crippen molar-refractivity contribution < 1.29 is 4.79 Å². The first-order valence-corrected chi connectivity index (χ1v) is 8.59. The van der Waals surface area contributed by atoms with Gasteiger partial charge in [0.15, 0.2) is 0 Å². The Morgan fingerprint density at radius 2 is 1.90 bits per heavy atom. The third-order valence-corrected chi connectivity index (χ3v) is 5.29. The zero-order valence-electron chi connectivity index (χ0n) is 11.4. The Morgan fingerprint density at radius 3 is 2.70 bits per heavy atom. The van der Waals surface area contributed by atoms with Gasteiger partial charge in [0.05, 0.1) is 0 Å². The van der Waals surface area contributed by atoms with E-state index in [0.29, 0.717) is 22.5 Å². The zero-order chi connectivity index (χ0) is 14.1. The third kappa shape index (κ3) is 2.89. The molecule has 0 bridgehead atoms. The van der Waals surface area contributed by atoms with Crippen molar-refractivity contribution in [2.45, 2.75) is 44.6 Å². The van der Waals surface area contributed by atoms with Crippen LogP contribution in [-0.2, 0) is 0 Å². The smallest absolute Gasteiger partial charge is 0.254 e. The lowest BCUT2D eigenvalue weighted by atomic mass is 9.78. The molecule has 0 N–H and O–H groups in total. The van der Waals surface area contributed by atoms with Gasteiger partial charge in [0.1, 0.15) is 0 Å². The molecule has 3 rings (SSSR count). The molecule has 2 nitrogen and oxygen atoms in total. The van der Waals surface area contributed by atoms with Crippen molar-refractivity contribution >= 4 is 33.4 Å². The average molecular weight is 357 g/mol. The van der Waals surface area contributed by atoms with Crippen molar-refractivity contribution in [1.82, 2.24) is 4.90 Å². The number of piperidine rings is 1. The maximum Gasteiger partial charge on any atom is 0.254 e. The Kier molecular flexibility index (Phi) is 4.37. The van der Waals surface area contributed by atoms with E-state index in [-0.39, 0.29) is 5.91 Å². The monoisotopic (exact) mass is 355 g/mol. The van der Waals surface area contributed by atoms with Gasteiger partial charge in [0, 0.05) is 27.6 Å². The number of hydrogen-bond acceptors (Lipinski definition) is 1. The Balaban J connectivity index is 1.84. The maximum atomic E-state index is 12.8. The number of hydrogen-bond donors (Lipinski definition) is 0. The highest BCUT2D eigenvalue weighted by molar-refractivity contribution is 9.10. The Hall–Kier alpha value is -0.540. The van der Waals surface area contributed by atoms with Crippen molar-refractivity contribution in [2.75, 3.05) is 6.54 Å². The first-order chi connectivity index (χ1) is 9.65. The molecule has 1 aliphatic heterocycles. The van der Waals surface area contributed by atoms with Gasteiger partial charge in [-0.15, -0.1) is 0 Å². The Morgan fingerprint density at radius 1 is 1.15 bits per heavy atom. The summed E-state index contributed by atoms with van der Waals surface area (Å²) in [6.45, 7) is 0.893. The van der Waals surface area contributed by atoms with Crippen LogP contribution in [0.2, 0.25) is 5.02 Å². The fraction of sp³-hybridized carbons (Fsp3) is 0.562. The second kappa shape index (κ2) is 6.07. The molecule has 1 heterocycles. The minimum absolute atomic E-state index is 0.143. The van der Waals surface area contributed by atoms with E-state index in [1.165, 1.54) is 25.7 Å². The molecule has 1 saturated heterocycles. The van der Waals surface area contributed by atoms with E-state index in [1.807, 2.05) is 12.1 Å². The van der Waals surface area contributed by atoms with Crippen LogP contribution in [0.4, 0.5) is 0 Å². The van der Waals surface area contributed by atoms with Crippen molar-refractivity contribution in [3.63, 3.8) is 0 Å². The van der Waals surface area contributed by atoms with Gasteiger partial charge in [-0.1, -0.05) is 40.4 Å². The molecule has 108 valence electrons. The van der Waals surface area contributed by atoms with Crippen LogP contribution >= 0.6 is 27.5 Å². The Bertz CT molecular complexity index is 497. The summed E-state index contributed by atoms with van der Waals surface area (Å²) >= 11 is 9.49. The number of likely N-dealkylation sites (tertiary alicyclic amines) is 1. The molecule has 4 heteroatoms. The van der Waals surface area contributed by atoms with E-state index in [0.717, 1.165) is 23.9 Å². The average Bonchev–Trinajstić information content (AvgIpc) is 2.45. The molecule has 1 aliphatic carbocycles. The highest BCUT2D eigenvalue weighted by atomic mass is 79.9. The standard InChI is InChI=1S/C16H19BrClNO/c17-13-8-12(9-14(18)10-13)16(20)19-7-3-5-11-4-1-2-6-15(11)19/h8-11,15H,1-7H2/t11-,15-/m1/s1. The number of carbonyl (C=O) groups excluding carboxylic acids is 1. The van der Waals surface area contributed by atoms with Gasteiger partial charge in [-0.05, 0) is 49.8 Å². The number of benzene rings is 1.